The van der Waals surface area contributed by atoms with Gasteiger partial charge in [0.2, 0.25) is 0 Å². The summed E-state index contributed by atoms with van der Waals surface area (Å²) in [5, 5.41) is 0. The maximum atomic E-state index is 10.8. The van der Waals surface area contributed by atoms with E-state index in [2.05, 4.69) is 0 Å². The number of ether oxygens (including phenoxy) is 2. The van der Waals surface area contributed by atoms with Crippen molar-refractivity contribution in [3.8, 4) is 0 Å². The molecular formula is C7H12O3. The topological polar surface area (TPSA) is 35.5 Å². The first-order valence-electron chi connectivity index (χ1n) is 3.49. The zero-order valence-electron chi connectivity index (χ0n) is 6.29. The van der Waals surface area contributed by atoms with Crippen LogP contribution in [-0.4, -0.2) is 24.8 Å². The van der Waals surface area contributed by atoms with E-state index in [0.717, 1.165) is 0 Å². The lowest BCUT2D eigenvalue weighted by atomic mass is 10.3. The summed E-state index contributed by atoms with van der Waals surface area (Å²) in [4.78, 5) is 10.8. The Bertz CT molecular complexity index is 119. The molecule has 0 radical (unpaired) electrons. The van der Waals surface area contributed by atoms with Gasteiger partial charge in [0.05, 0.1) is 19.1 Å². The molecule has 0 saturated carbocycles. The van der Waals surface area contributed by atoms with E-state index in [1.54, 1.807) is 0 Å². The smallest absolute Gasteiger partial charge is 0.308 e. The van der Waals surface area contributed by atoms with E-state index in [1.807, 2.05) is 13.8 Å². The summed E-state index contributed by atoms with van der Waals surface area (Å²) in [6, 6.07) is 0. The first-order chi connectivity index (χ1) is 4.68. The maximum absolute atomic E-state index is 10.8. The number of hydrogen-bond acceptors (Lipinski definition) is 3. The fourth-order valence-electron chi connectivity index (χ4n) is 0.900. The molecule has 1 heterocycles. The fourth-order valence-corrected chi connectivity index (χ4v) is 0.900. The molecule has 0 aromatic heterocycles. The second-order valence-electron chi connectivity index (χ2n) is 2.65. The highest BCUT2D eigenvalue weighted by molar-refractivity contribution is 5.70. The van der Waals surface area contributed by atoms with Gasteiger partial charge in [-0.3, -0.25) is 4.79 Å². The average Bonchev–Trinajstić information content (AvgIpc) is 1.93. The molecule has 0 aromatic rings. The van der Waals surface area contributed by atoms with Crippen LogP contribution in [-0.2, 0) is 14.3 Å². The van der Waals surface area contributed by atoms with Crippen LogP contribution in [0.3, 0.4) is 0 Å². The van der Waals surface area contributed by atoms with Gasteiger partial charge < -0.3 is 9.47 Å². The first kappa shape index (κ1) is 7.54. The van der Waals surface area contributed by atoms with Gasteiger partial charge in [0.25, 0.3) is 0 Å². The molecule has 1 rings (SSSR count). The predicted molar refractivity (Wildman–Crippen MR) is 35.6 cm³/mol. The average molecular weight is 144 g/mol. The van der Waals surface area contributed by atoms with Crippen LogP contribution in [0.15, 0.2) is 0 Å². The van der Waals surface area contributed by atoms with E-state index >= 15 is 0 Å². The monoisotopic (exact) mass is 144 g/mol. The van der Waals surface area contributed by atoms with Crippen molar-refractivity contribution in [1.29, 1.82) is 0 Å². The lowest BCUT2D eigenvalue weighted by molar-refractivity contribution is -0.146. The highest BCUT2D eigenvalue weighted by atomic mass is 16.6. The van der Waals surface area contributed by atoms with Crippen molar-refractivity contribution in [3.63, 3.8) is 0 Å². The Kier molecular flexibility index (Phi) is 2.27. The van der Waals surface area contributed by atoms with Crippen molar-refractivity contribution in [2.75, 3.05) is 6.61 Å². The van der Waals surface area contributed by atoms with E-state index in [9.17, 15) is 4.79 Å². The van der Waals surface area contributed by atoms with E-state index in [4.69, 9.17) is 9.47 Å². The highest BCUT2D eigenvalue weighted by Gasteiger charge is 2.19. The number of cyclic esters (lactones) is 1. The quantitative estimate of drug-likeness (QED) is 0.470. The van der Waals surface area contributed by atoms with Crippen molar-refractivity contribution in [1.82, 2.24) is 0 Å². The summed E-state index contributed by atoms with van der Waals surface area (Å²) in [5.41, 5.74) is 0. The highest BCUT2D eigenvalue weighted by Crippen LogP contribution is 2.08. The van der Waals surface area contributed by atoms with Crippen LogP contribution in [0.1, 0.15) is 20.3 Å². The molecule has 58 valence electrons. The largest absolute Gasteiger partial charge is 0.460 e. The summed E-state index contributed by atoms with van der Waals surface area (Å²) in [6.07, 6.45) is 0.305. The van der Waals surface area contributed by atoms with E-state index in [1.165, 1.54) is 0 Å². The summed E-state index contributed by atoms with van der Waals surface area (Å²) in [6.45, 7) is 4.22. The molecule has 1 saturated heterocycles. The number of hydrogen-bond donors (Lipinski definition) is 0. The van der Waals surface area contributed by atoms with Gasteiger partial charge in [-0.1, -0.05) is 0 Å². The molecular weight excluding hydrogens is 132 g/mol. The van der Waals surface area contributed by atoms with Gasteiger partial charge >= 0.3 is 5.97 Å². The van der Waals surface area contributed by atoms with Crippen LogP contribution in [0, 0.1) is 0 Å². The molecule has 0 spiro atoms. The normalized spacial score (nSPS) is 34.8. The van der Waals surface area contributed by atoms with Crippen molar-refractivity contribution >= 4 is 5.97 Å². The van der Waals surface area contributed by atoms with E-state index in [-0.39, 0.29) is 18.2 Å². The molecule has 2 atom stereocenters. The Balaban J connectivity index is 2.46. The minimum atomic E-state index is -0.155. The molecule has 10 heavy (non-hydrogen) atoms. The third kappa shape index (κ3) is 1.99. The predicted octanol–water partition coefficient (Wildman–Crippen LogP) is 0.727. The minimum Gasteiger partial charge on any atom is -0.460 e. The van der Waals surface area contributed by atoms with Gasteiger partial charge in [0.15, 0.2) is 0 Å². The second-order valence-corrected chi connectivity index (χ2v) is 2.65. The Morgan fingerprint density at radius 2 is 2.10 bits per heavy atom. The Morgan fingerprint density at radius 3 is 2.80 bits per heavy atom. The van der Waals surface area contributed by atoms with Crippen molar-refractivity contribution in [3.05, 3.63) is 0 Å². The van der Waals surface area contributed by atoms with Crippen molar-refractivity contribution in [2.45, 2.75) is 32.5 Å². The van der Waals surface area contributed by atoms with Gasteiger partial charge in [-0.25, -0.2) is 0 Å². The van der Waals surface area contributed by atoms with Crippen molar-refractivity contribution < 1.29 is 14.3 Å². The molecule has 0 aromatic carbocycles. The second kappa shape index (κ2) is 3.01. The van der Waals surface area contributed by atoms with E-state index < -0.39 is 0 Å². The zero-order chi connectivity index (χ0) is 7.56. The Hall–Kier alpha value is -0.570. The molecule has 1 fully saturated rings. The lowest BCUT2D eigenvalue weighted by Gasteiger charge is -2.07. The van der Waals surface area contributed by atoms with Crippen molar-refractivity contribution in [2.24, 2.45) is 0 Å². The fraction of sp³-hybridized carbons (Fsp3) is 0.857. The van der Waals surface area contributed by atoms with Crippen LogP contribution >= 0.6 is 0 Å². The molecule has 2 unspecified atom stereocenters. The number of rotatable bonds is 0. The summed E-state index contributed by atoms with van der Waals surface area (Å²) >= 11 is 0. The molecule has 0 bridgehead atoms. The molecule has 1 aliphatic rings. The Morgan fingerprint density at radius 1 is 1.40 bits per heavy atom. The standard InChI is InChI=1S/C7H12O3/c1-5-3-7(8)10-6(2)4-9-5/h5-6H,3-4H2,1-2H3. The van der Waals surface area contributed by atoms with Gasteiger partial charge in [0.1, 0.15) is 6.10 Å². The summed E-state index contributed by atoms with van der Waals surface area (Å²) in [7, 11) is 0. The van der Waals surface area contributed by atoms with Crippen LogP contribution in [0.4, 0.5) is 0 Å². The number of carbonyl (C=O) groups is 1. The van der Waals surface area contributed by atoms with Gasteiger partial charge in [-0.05, 0) is 13.8 Å². The zero-order valence-corrected chi connectivity index (χ0v) is 6.29. The minimum absolute atomic E-state index is 0.0115. The molecule has 3 heteroatoms. The van der Waals surface area contributed by atoms with Gasteiger partial charge in [-0.2, -0.15) is 0 Å². The molecule has 0 aliphatic carbocycles. The third-order valence-corrected chi connectivity index (χ3v) is 1.40. The summed E-state index contributed by atoms with van der Waals surface area (Å²) < 4.78 is 10.2. The summed E-state index contributed by atoms with van der Waals surface area (Å²) in [5.74, 6) is -0.155. The molecule has 0 amide bonds. The number of carbonyl (C=O) groups excluding carboxylic acids is 1. The van der Waals surface area contributed by atoms with Gasteiger partial charge in [0, 0.05) is 0 Å². The lowest BCUT2D eigenvalue weighted by Crippen LogP contribution is -2.14. The number of esters is 1. The SMILES string of the molecule is CC1CC(=O)OC(C)CO1. The van der Waals surface area contributed by atoms with Gasteiger partial charge in [-0.15, -0.1) is 0 Å². The first-order valence-corrected chi connectivity index (χ1v) is 3.49. The van der Waals surface area contributed by atoms with Crippen LogP contribution in [0.25, 0.3) is 0 Å². The van der Waals surface area contributed by atoms with Crippen LogP contribution < -0.4 is 0 Å². The molecule has 1 aliphatic heterocycles. The van der Waals surface area contributed by atoms with Crippen LogP contribution in [0.5, 0.6) is 0 Å². The van der Waals surface area contributed by atoms with E-state index in [0.29, 0.717) is 13.0 Å². The molecule has 3 nitrogen and oxygen atoms in total. The van der Waals surface area contributed by atoms with Crippen LogP contribution in [0.2, 0.25) is 0 Å². The molecule has 0 N–H and O–H groups in total. The third-order valence-electron chi connectivity index (χ3n) is 1.40. The Labute approximate surface area is 60.3 Å². The maximum Gasteiger partial charge on any atom is 0.308 e.